The summed E-state index contributed by atoms with van der Waals surface area (Å²) in [7, 11) is 0. The molecule has 8 heteroatoms. The molecule has 1 amide bonds. The summed E-state index contributed by atoms with van der Waals surface area (Å²) in [4.78, 5) is 16.7. The Morgan fingerprint density at radius 1 is 1.14 bits per heavy atom. The molecule has 1 aliphatic rings. The van der Waals surface area contributed by atoms with Gasteiger partial charge >= 0.3 is 0 Å². The number of nitrogens with zero attached hydrogens (tertiary/aromatic N) is 6. The fourth-order valence-electron chi connectivity index (χ4n) is 3.24. The van der Waals surface area contributed by atoms with Crippen molar-refractivity contribution in [3.8, 4) is 11.4 Å². The number of carbonyl (C=O) groups excluding carboxylic acids is 1. The van der Waals surface area contributed by atoms with Crippen LogP contribution >= 0.6 is 0 Å². The van der Waals surface area contributed by atoms with E-state index in [1.54, 1.807) is 12.5 Å². The summed E-state index contributed by atoms with van der Waals surface area (Å²) in [5, 5.41) is 15.0. The molecule has 5 rings (SSSR count). The van der Waals surface area contributed by atoms with Gasteiger partial charge in [0.25, 0.3) is 5.91 Å². The third-order valence-electron chi connectivity index (χ3n) is 4.90. The minimum atomic E-state index is -0.155. The van der Waals surface area contributed by atoms with Gasteiger partial charge in [0.05, 0.1) is 12.4 Å². The number of hydrogen-bond acceptors (Lipinski definition) is 5. The van der Waals surface area contributed by atoms with Crippen molar-refractivity contribution in [3.63, 3.8) is 0 Å². The molecule has 0 atom stereocenters. The summed E-state index contributed by atoms with van der Waals surface area (Å²) >= 11 is 0. The van der Waals surface area contributed by atoms with Gasteiger partial charge in [0.15, 0.2) is 5.82 Å². The standard InChI is InChI=1S/C21H19N7O/c29-21(16-6-4-15(5-7-16)13-27-11-10-22-14-27)23-18-3-1-2-17(12-18)20-24-25-26-28(20)19-8-9-19/h1-7,10-12,14,19H,8-9,13H2,(H,23,29). The number of benzene rings is 2. The number of nitrogens with one attached hydrogen (secondary N) is 1. The molecule has 0 radical (unpaired) electrons. The quantitative estimate of drug-likeness (QED) is 0.550. The Labute approximate surface area is 167 Å². The molecule has 0 saturated heterocycles. The Hall–Kier alpha value is -3.81. The molecule has 144 valence electrons. The zero-order valence-electron chi connectivity index (χ0n) is 15.6. The number of rotatable bonds is 6. The van der Waals surface area contributed by atoms with Gasteiger partial charge in [-0.15, -0.1) is 5.10 Å². The van der Waals surface area contributed by atoms with Crippen molar-refractivity contribution in [2.45, 2.75) is 25.4 Å². The number of amides is 1. The number of hydrogen-bond donors (Lipinski definition) is 1. The Morgan fingerprint density at radius 3 is 2.76 bits per heavy atom. The van der Waals surface area contributed by atoms with E-state index in [0.717, 1.165) is 36.3 Å². The van der Waals surface area contributed by atoms with Gasteiger partial charge in [-0.25, -0.2) is 9.67 Å². The summed E-state index contributed by atoms with van der Waals surface area (Å²) in [5.41, 5.74) is 3.30. The van der Waals surface area contributed by atoms with E-state index in [0.29, 0.717) is 17.3 Å². The van der Waals surface area contributed by atoms with Crippen LogP contribution in [0, 0.1) is 0 Å². The molecule has 1 fully saturated rings. The van der Waals surface area contributed by atoms with E-state index in [1.807, 2.05) is 64.0 Å². The monoisotopic (exact) mass is 385 g/mol. The summed E-state index contributed by atoms with van der Waals surface area (Å²) in [6.07, 6.45) is 7.64. The Kier molecular flexibility index (Phi) is 4.36. The van der Waals surface area contributed by atoms with Gasteiger partial charge in [0.2, 0.25) is 0 Å². The summed E-state index contributed by atoms with van der Waals surface area (Å²) in [6.45, 7) is 0.722. The van der Waals surface area contributed by atoms with E-state index in [9.17, 15) is 4.79 Å². The smallest absolute Gasteiger partial charge is 0.255 e. The van der Waals surface area contributed by atoms with Crippen molar-refractivity contribution < 1.29 is 4.79 Å². The number of aromatic nitrogens is 6. The van der Waals surface area contributed by atoms with E-state index in [1.165, 1.54) is 0 Å². The van der Waals surface area contributed by atoms with Crippen LogP contribution in [0.1, 0.15) is 34.8 Å². The van der Waals surface area contributed by atoms with E-state index in [-0.39, 0.29) is 5.91 Å². The molecular formula is C21H19N7O. The van der Waals surface area contributed by atoms with Crippen LogP contribution in [-0.2, 0) is 6.54 Å². The second-order valence-corrected chi connectivity index (χ2v) is 7.15. The first-order valence-corrected chi connectivity index (χ1v) is 9.50. The minimum Gasteiger partial charge on any atom is -0.333 e. The molecule has 8 nitrogen and oxygen atoms in total. The maximum atomic E-state index is 12.7. The molecule has 29 heavy (non-hydrogen) atoms. The van der Waals surface area contributed by atoms with Crippen LogP contribution in [0.2, 0.25) is 0 Å². The van der Waals surface area contributed by atoms with Crippen LogP contribution < -0.4 is 5.32 Å². The first-order chi connectivity index (χ1) is 14.3. The van der Waals surface area contributed by atoms with Crippen molar-refractivity contribution in [1.82, 2.24) is 29.8 Å². The summed E-state index contributed by atoms with van der Waals surface area (Å²) in [5.74, 6) is 0.575. The number of carbonyl (C=O) groups is 1. The van der Waals surface area contributed by atoms with Crippen LogP contribution in [0.4, 0.5) is 5.69 Å². The molecule has 1 N–H and O–H groups in total. The summed E-state index contributed by atoms with van der Waals surface area (Å²) < 4.78 is 3.84. The predicted octanol–water partition coefficient (Wildman–Crippen LogP) is 3.17. The van der Waals surface area contributed by atoms with Gasteiger partial charge in [-0.1, -0.05) is 24.3 Å². The number of imidazole rings is 1. The third-order valence-corrected chi connectivity index (χ3v) is 4.90. The predicted molar refractivity (Wildman–Crippen MR) is 107 cm³/mol. The maximum Gasteiger partial charge on any atom is 0.255 e. The molecule has 2 aromatic heterocycles. The average molecular weight is 385 g/mol. The van der Waals surface area contributed by atoms with E-state index >= 15 is 0 Å². The van der Waals surface area contributed by atoms with Gasteiger partial charge in [-0.3, -0.25) is 4.79 Å². The molecule has 2 aromatic carbocycles. The van der Waals surface area contributed by atoms with Crippen LogP contribution in [0.25, 0.3) is 11.4 Å². The molecule has 4 aromatic rings. The maximum absolute atomic E-state index is 12.7. The minimum absolute atomic E-state index is 0.155. The highest BCUT2D eigenvalue weighted by Gasteiger charge is 2.28. The molecule has 0 aliphatic heterocycles. The van der Waals surface area contributed by atoms with Gasteiger partial charge in [-0.2, -0.15) is 0 Å². The topological polar surface area (TPSA) is 90.5 Å². The Morgan fingerprint density at radius 2 is 2.00 bits per heavy atom. The molecule has 1 aliphatic carbocycles. The Bertz CT molecular complexity index is 1130. The number of anilines is 1. The lowest BCUT2D eigenvalue weighted by atomic mass is 10.1. The number of tetrazole rings is 1. The zero-order valence-corrected chi connectivity index (χ0v) is 15.6. The zero-order chi connectivity index (χ0) is 19.6. The SMILES string of the molecule is O=C(Nc1cccc(-c2nnnn2C2CC2)c1)c1ccc(Cn2ccnc2)cc1. The highest BCUT2D eigenvalue weighted by atomic mass is 16.1. The molecule has 0 spiro atoms. The van der Waals surface area contributed by atoms with Gasteiger partial charge in [0, 0.05) is 35.8 Å². The van der Waals surface area contributed by atoms with Crippen molar-refractivity contribution >= 4 is 11.6 Å². The first kappa shape index (κ1) is 17.3. The second kappa shape index (κ2) is 7.31. The highest BCUT2D eigenvalue weighted by molar-refractivity contribution is 6.04. The summed E-state index contributed by atoms with van der Waals surface area (Å²) in [6, 6.07) is 15.6. The molecule has 0 bridgehead atoms. The highest BCUT2D eigenvalue weighted by Crippen LogP contribution is 2.36. The first-order valence-electron chi connectivity index (χ1n) is 9.50. The fourth-order valence-corrected chi connectivity index (χ4v) is 3.24. The van der Waals surface area contributed by atoms with Crippen molar-refractivity contribution in [2.75, 3.05) is 5.32 Å². The van der Waals surface area contributed by atoms with Crippen LogP contribution in [0.5, 0.6) is 0 Å². The second-order valence-electron chi connectivity index (χ2n) is 7.15. The largest absolute Gasteiger partial charge is 0.333 e. The normalized spacial score (nSPS) is 13.4. The van der Waals surface area contributed by atoms with Crippen molar-refractivity contribution in [1.29, 1.82) is 0 Å². The molecule has 1 saturated carbocycles. The van der Waals surface area contributed by atoms with Crippen molar-refractivity contribution in [3.05, 3.63) is 78.4 Å². The van der Waals surface area contributed by atoms with E-state index in [4.69, 9.17) is 0 Å². The lowest BCUT2D eigenvalue weighted by molar-refractivity contribution is 0.102. The van der Waals surface area contributed by atoms with Gasteiger partial charge in [0.1, 0.15) is 0 Å². The lowest BCUT2D eigenvalue weighted by Crippen LogP contribution is -2.12. The molecule has 2 heterocycles. The van der Waals surface area contributed by atoms with Gasteiger partial charge in [-0.05, 0) is 53.1 Å². The van der Waals surface area contributed by atoms with Crippen LogP contribution in [-0.4, -0.2) is 35.7 Å². The van der Waals surface area contributed by atoms with E-state index in [2.05, 4.69) is 25.8 Å². The molecule has 0 unspecified atom stereocenters. The third kappa shape index (κ3) is 3.77. The lowest BCUT2D eigenvalue weighted by Gasteiger charge is -2.09. The van der Waals surface area contributed by atoms with Crippen molar-refractivity contribution in [2.24, 2.45) is 0 Å². The van der Waals surface area contributed by atoms with Gasteiger partial charge < -0.3 is 9.88 Å². The fraction of sp³-hybridized carbons (Fsp3) is 0.190. The van der Waals surface area contributed by atoms with Crippen LogP contribution in [0.15, 0.2) is 67.3 Å². The van der Waals surface area contributed by atoms with Crippen LogP contribution in [0.3, 0.4) is 0 Å². The van der Waals surface area contributed by atoms with E-state index < -0.39 is 0 Å². The average Bonchev–Trinajstić information content (AvgIpc) is 3.24. The Balaban J connectivity index is 1.30. The molecular weight excluding hydrogens is 366 g/mol.